The van der Waals surface area contributed by atoms with Gasteiger partial charge in [0.25, 0.3) is 0 Å². The van der Waals surface area contributed by atoms with Crippen LogP contribution < -0.4 is 41.5 Å². The van der Waals surface area contributed by atoms with Crippen molar-refractivity contribution in [3.8, 4) is 11.4 Å². The van der Waals surface area contributed by atoms with Gasteiger partial charge in [-0.1, -0.05) is 206 Å². The first-order valence-corrected chi connectivity index (χ1v) is 27.4. The molecule has 6 heteroatoms. The first-order chi connectivity index (χ1) is 33.6. The van der Waals surface area contributed by atoms with E-state index in [1.807, 2.05) is 6.20 Å². The van der Waals surface area contributed by atoms with Gasteiger partial charge in [0.2, 0.25) is 0 Å². The average molecular weight is 904 g/mol. The number of para-hydroxylation sites is 3. The Hall–Kier alpha value is -8.17. The quantitative estimate of drug-likeness (QED) is 0.113. The van der Waals surface area contributed by atoms with Crippen molar-refractivity contribution in [3.05, 3.63) is 266 Å². The Kier molecular flexibility index (Phi) is 9.46. The number of imidazole rings is 1. The van der Waals surface area contributed by atoms with Gasteiger partial charge in [-0.25, -0.2) is 4.98 Å². The minimum absolute atomic E-state index is 0.170. The SMILES string of the molecule is Cn1c(-c2cccc([Si](c3ccccc3)(c3ccccc3)c3cccc(C4c5cc6c(cc5[Si](c5ccccc5)(c5ccccc5)c5cccnc54)oc4ccccc46)c3)c2)nc2ccccc21. The topological polar surface area (TPSA) is 43.9 Å². The summed E-state index contributed by atoms with van der Waals surface area (Å²) in [5.41, 5.74) is 8.62. The number of fused-ring (bicyclic) bond motifs is 6. The molecule has 1 atom stereocenters. The Morgan fingerprint density at radius 2 is 1.09 bits per heavy atom. The van der Waals surface area contributed by atoms with Crippen LogP contribution in [0.4, 0.5) is 0 Å². The normalized spacial score (nSPS) is 14.2. The second kappa shape index (κ2) is 16.0. The lowest BCUT2D eigenvalue weighted by atomic mass is 9.86. The predicted molar refractivity (Wildman–Crippen MR) is 286 cm³/mol. The van der Waals surface area contributed by atoms with Crippen molar-refractivity contribution in [2.45, 2.75) is 5.92 Å². The Balaban J connectivity index is 1.11. The van der Waals surface area contributed by atoms with Crippen LogP contribution in [-0.2, 0) is 7.05 Å². The molecule has 0 N–H and O–H groups in total. The highest BCUT2D eigenvalue weighted by Gasteiger charge is 2.51. The number of aryl methyl sites for hydroxylation is 1. The molecule has 9 aromatic carbocycles. The molecule has 1 unspecified atom stereocenters. The molecule has 4 heterocycles. The van der Waals surface area contributed by atoms with E-state index in [1.165, 1.54) is 52.6 Å². The second-order valence-corrected chi connectivity index (χ2v) is 25.6. The molecule has 0 saturated heterocycles. The fraction of sp³-hybridized carbons (Fsp3) is 0.0323. The maximum Gasteiger partial charge on any atom is 0.182 e. The Bertz CT molecular complexity index is 3750. The highest BCUT2D eigenvalue weighted by molar-refractivity contribution is 7.21. The van der Waals surface area contributed by atoms with Gasteiger partial charge >= 0.3 is 0 Å². The zero-order valence-corrected chi connectivity index (χ0v) is 39.5. The number of pyridine rings is 1. The third-order valence-electron chi connectivity index (χ3n) is 14.6. The molecule has 0 saturated carbocycles. The summed E-state index contributed by atoms with van der Waals surface area (Å²) in [5.74, 6) is 0.784. The summed E-state index contributed by atoms with van der Waals surface area (Å²) in [4.78, 5) is 10.7. The minimum Gasteiger partial charge on any atom is -0.456 e. The maximum atomic E-state index is 6.80. The first kappa shape index (κ1) is 40.1. The van der Waals surface area contributed by atoms with Crippen LogP contribution in [0.5, 0.6) is 0 Å². The molecule has 1 aliphatic rings. The third kappa shape index (κ3) is 5.97. The number of furan rings is 1. The molecule has 0 bridgehead atoms. The van der Waals surface area contributed by atoms with E-state index in [1.54, 1.807) is 0 Å². The van der Waals surface area contributed by atoms with Gasteiger partial charge in [-0.15, -0.1) is 0 Å². The van der Waals surface area contributed by atoms with E-state index in [2.05, 4.69) is 254 Å². The standard InChI is InChI=1S/C62H45N3OSi2/c1-65-55-35-16-15-34-54(55)64-62(65)44-22-19-32-50(40-44)67(45-23-6-2-7-24-45,46-25-8-3-9-26-46)49-31-18-21-43(39-49)60-53-41-52-51-33-14-17-36-56(51)66-57(52)42-59(53)68(47-27-10-4-11-28-47,48-29-12-5-13-30-48)58-37-20-38-63-61(58)60/h2-42,60H,1H3. The molecule has 0 fully saturated rings. The van der Waals surface area contributed by atoms with E-state index >= 15 is 0 Å². The van der Waals surface area contributed by atoms with Crippen LogP contribution in [0.25, 0.3) is 44.4 Å². The molecule has 322 valence electrons. The van der Waals surface area contributed by atoms with Gasteiger partial charge in [-0.05, 0) is 89.0 Å². The molecule has 4 nitrogen and oxygen atoms in total. The second-order valence-electron chi connectivity index (χ2n) is 18.1. The smallest absolute Gasteiger partial charge is 0.182 e. The lowest BCUT2D eigenvalue weighted by Gasteiger charge is -2.43. The van der Waals surface area contributed by atoms with Crippen LogP contribution in [0, 0.1) is 0 Å². The van der Waals surface area contributed by atoms with Gasteiger partial charge in [0.05, 0.1) is 22.6 Å². The molecular formula is C62H45N3OSi2. The number of rotatable bonds is 8. The number of hydrogen-bond acceptors (Lipinski definition) is 3. The van der Waals surface area contributed by atoms with Gasteiger partial charge in [0.15, 0.2) is 16.1 Å². The van der Waals surface area contributed by atoms with E-state index < -0.39 is 16.1 Å². The van der Waals surface area contributed by atoms with Crippen LogP contribution in [0.3, 0.4) is 0 Å². The zero-order chi connectivity index (χ0) is 45.2. The summed E-state index contributed by atoms with van der Waals surface area (Å²) in [5, 5.41) is 12.8. The molecular weight excluding hydrogens is 859 g/mol. The number of aromatic nitrogens is 3. The van der Waals surface area contributed by atoms with Crippen LogP contribution >= 0.6 is 0 Å². The number of nitrogens with zero attached hydrogens (tertiary/aromatic N) is 3. The molecule has 3 aromatic heterocycles. The van der Waals surface area contributed by atoms with Gasteiger partial charge in [-0.3, -0.25) is 4.98 Å². The minimum atomic E-state index is -3.07. The van der Waals surface area contributed by atoms with Gasteiger partial charge in [0, 0.05) is 29.6 Å². The maximum absolute atomic E-state index is 6.80. The van der Waals surface area contributed by atoms with Crippen LogP contribution in [-0.4, -0.2) is 30.7 Å². The number of benzene rings is 9. The van der Waals surface area contributed by atoms with E-state index in [9.17, 15) is 0 Å². The largest absolute Gasteiger partial charge is 0.456 e. The van der Waals surface area contributed by atoms with Gasteiger partial charge in [0.1, 0.15) is 17.0 Å². The van der Waals surface area contributed by atoms with E-state index in [4.69, 9.17) is 14.4 Å². The molecule has 13 rings (SSSR count). The van der Waals surface area contributed by atoms with Crippen molar-refractivity contribution >= 4 is 90.6 Å². The lowest BCUT2D eigenvalue weighted by molar-refractivity contribution is 0.669. The molecule has 68 heavy (non-hydrogen) atoms. The zero-order valence-electron chi connectivity index (χ0n) is 37.5. The van der Waals surface area contributed by atoms with Gasteiger partial charge in [-0.2, -0.15) is 0 Å². The van der Waals surface area contributed by atoms with E-state index in [0.29, 0.717) is 0 Å². The highest BCUT2D eigenvalue weighted by atomic mass is 28.3. The highest BCUT2D eigenvalue weighted by Crippen LogP contribution is 2.39. The summed E-state index contributed by atoms with van der Waals surface area (Å²) in [7, 11) is -3.94. The Morgan fingerprint density at radius 1 is 0.485 bits per heavy atom. The first-order valence-electron chi connectivity index (χ1n) is 23.4. The molecule has 0 radical (unpaired) electrons. The van der Waals surface area contributed by atoms with Crippen molar-refractivity contribution in [2.75, 3.05) is 0 Å². The summed E-state index contributed by atoms with van der Waals surface area (Å²) in [6.07, 6.45) is 2.00. The van der Waals surface area contributed by atoms with Crippen molar-refractivity contribution in [2.24, 2.45) is 7.05 Å². The molecule has 0 spiro atoms. The average Bonchev–Trinajstić information content (AvgIpc) is 3.95. The fourth-order valence-electron chi connectivity index (χ4n) is 11.7. The van der Waals surface area contributed by atoms with Crippen molar-refractivity contribution in [1.82, 2.24) is 14.5 Å². The van der Waals surface area contributed by atoms with E-state index in [0.717, 1.165) is 50.1 Å². The summed E-state index contributed by atoms with van der Waals surface area (Å²) >= 11 is 0. The predicted octanol–water partition coefficient (Wildman–Crippen LogP) is 8.78. The molecule has 12 aromatic rings. The van der Waals surface area contributed by atoms with Crippen LogP contribution in [0.15, 0.2) is 253 Å². The molecule has 0 amide bonds. The van der Waals surface area contributed by atoms with Crippen molar-refractivity contribution in [3.63, 3.8) is 0 Å². The fourth-order valence-corrected chi connectivity index (χ4v) is 21.8. The van der Waals surface area contributed by atoms with Crippen molar-refractivity contribution < 1.29 is 4.42 Å². The number of hydrogen-bond donors (Lipinski definition) is 0. The van der Waals surface area contributed by atoms with Gasteiger partial charge < -0.3 is 8.98 Å². The third-order valence-corrected chi connectivity index (χ3v) is 24.2. The summed E-state index contributed by atoms with van der Waals surface area (Å²) in [6, 6.07) is 89.9. The van der Waals surface area contributed by atoms with Crippen LogP contribution in [0.1, 0.15) is 22.7 Å². The Morgan fingerprint density at radius 3 is 1.79 bits per heavy atom. The van der Waals surface area contributed by atoms with E-state index in [-0.39, 0.29) is 5.92 Å². The Labute approximate surface area is 397 Å². The molecule has 0 aliphatic carbocycles. The summed E-state index contributed by atoms with van der Waals surface area (Å²) in [6.45, 7) is 0. The monoisotopic (exact) mass is 903 g/mol. The van der Waals surface area contributed by atoms with Crippen LogP contribution in [0.2, 0.25) is 0 Å². The lowest BCUT2D eigenvalue weighted by Crippen LogP contribution is -2.78. The van der Waals surface area contributed by atoms with Crippen molar-refractivity contribution in [1.29, 1.82) is 0 Å². The summed E-state index contributed by atoms with van der Waals surface area (Å²) < 4.78 is 9.02. The molecule has 1 aliphatic heterocycles.